The zero-order valence-electron chi connectivity index (χ0n) is 15.2. The molecule has 0 radical (unpaired) electrons. The molecule has 0 unspecified atom stereocenters. The van der Waals surface area contributed by atoms with Crippen molar-refractivity contribution in [2.24, 2.45) is 0 Å². The van der Waals surface area contributed by atoms with Gasteiger partial charge in [-0.3, -0.25) is 9.48 Å². The molecule has 0 bridgehead atoms. The fourth-order valence-electron chi connectivity index (χ4n) is 3.75. The van der Waals surface area contributed by atoms with E-state index in [-0.39, 0.29) is 17.0 Å². The number of carbonyl (C=O) groups is 1. The molecule has 0 spiro atoms. The molecule has 9 heteroatoms. The first-order chi connectivity index (χ1) is 13.5. The Hall–Kier alpha value is -2.74. The van der Waals surface area contributed by atoms with Gasteiger partial charge in [0.2, 0.25) is 0 Å². The molecule has 1 aliphatic carbocycles. The minimum absolute atomic E-state index is 0.0608. The first kappa shape index (κ1) is 17.4. The van der Waals surface area contributed by atoms with Crippen LogP contribution in [0.15, 0.2) is 30.5 Å². The van der Waals surface area contributed by atoms with E-state index in [4.69, 9.17) is 11.6 Å². The Kier molecular flexibility index (Phi) is 3.97. The van der Waals surface area contributed by atoms with Crippen molar-refractivity contribution in [3.63, 3.8) is 0 Å². The highest BCUT2D eigenvalue weighted by atomic mass is 35.5. The molecule has 144 valence electrons. The van der Waals surface area contributed by atoms with Crippen LogP contribution in [0.4, 0.5) is 4.39 Å². The van der Waals surface area contributed by atoms with E-state index in [0.717, 1.165) is 30.2 Å². The molecule has 7 nitrogen and oxygen atoms in total. The van der Waals surface area contributed by atoms with Crippen molar-refractivity contribution in [2.45, 2.75) is 38.4 Å². The van der Waals surface area contributed by atoms with Gasteiger partial charge in [-0.25, -0.2) is 4.39 Å². The van der Waals surface area contributed by atoms with Crippen LogP contribution in [-0.2, 0) is 6.54 Å². The van der Waals surface area contributed by atoms with Crippen LogP contribution in [0.1, 0.15) is 48.0 Å². The molecule has 5 rings (SSSR count). The van der Waals surface area contributed by atoms with Crippen LogP contribution in [0.2, 0.25) is 5.02 Å². The number of halogens is 2. The van der Waals surface area contributed by atoms with Crippen LogP contribution in [0, 0.1) is 5.82 Å². The van der Waals surface area contributed by atoms with E-state index >= 15 is 0 Å². The first-order valence-electron chi connectivity index (χ1n) is 9.27. The van der Waals surface area contributed by atoms with Gasteiger partial charge >= 0.3 is 0 Å². The van der Waals surface area contributed by atoms with Gasteiger partial charge in [0.25, 0.3) is 5.91 Å². The number of nitrogens with zero attached hydrogens (tertiary/aromatic N) is 6. The molecule has 2 aliphatic rings. The summed E-state index contributed by atoms with van der Waals surface area (Å²) >= 11 is 5.84. The summed E-state index contributed by atoms with van der Waals surface area (Å²) in [7, 11) is 0. The Morgan fingerprint density at radius 3 is 2.79 bits per heavy atom. The van der Waals surface area contributed by atoms with E-state index < -0.39 is 5.82 Å². The maximum Gasteiger partial charge on any atom is 0.254 e. The lowest BCUT2D eigenvalue weighted by Crippen LogP contribution is -2.41. The lowest BCUT2D eigenvalue weighted by atomic mass is 10.1. The van der Waals surface area contributed by atoms with Crippen LogP contribution >= 0.6 is 11.6 Å². The molecule has 1 aromatic carbocycles. The minimum Gasteiger partial charge on any atom is -0.327 e. The lowest BCUT2D eigenvalue weighted by Gasteiger charge is -2.33. The molecule has 1 saturated carbocycles. The highest BCUT2D eigenvalue weighted by Crippen LogP contribution is 2.38. The highest BCUT2D eigenvalue weighted by molar-refractivity contribution is 6.31. The fraction of sp³-hybridized carbons (Fsp3) is 0.368. The second-order valence-electron chi connectivity index (χ2n) is 7.23. The van der Waals surface area contributed by atoms with E-state index in [9.17, 15) is 9.18 Å². The number of aromatic nitrogens is 5. The second-order valence-corrected chi connectivity index (χ2v) is 7.64. The van der Waals surface area contributed by atoms with E-state index in [1.54, 1.807) is 11.1 Å². The van der Waals surface area contributed by atoms with Crippen molar-refractivity contribution in [2.75, 3.05) is 6.54 Å². The predicted octanol–water partition coefficient (Wildman–Crippen LogP) is 3.49. The zero-order valence-corrected chi connectivity index (χ0v) is 16.0. The Morgan fingerprint density at radius 2 is 2.04 bits per heavy atom. The average molecular weight is 401 g/mol. The lowest BCUT2D eigenvalue weighted by molar-refractivity contribution is 0.0638. The van der Waals surface area contributed by atoms with Gasteiger partial charge in [-0.05, 0) is 44.0 Å². The van der Waals surface area contributed by atoms with Gasteiger partial charge in [0.1, 0.15) is 11.5 Å². The number of rotatable bonds is 3. The van der Waals surface area contributed by atoms with Crippen molar-refractivity contribution in [3.05, 3.63) is 52.7 Å². The number of carbonyl (C=O) groups excluding carboxylic acids is 1. The summed E-state index contributed by atoms with van der Waals surface area (Å²) in [5.74, 6) is 0.768. The molecule has 3 aromatic rings. The minimum atomic E-state index is -0.540. The molecular weight excluding hydrogens is 383 g/mol. The third-order valence-electron chi connectivity index (χ3n) is 5.40. The summed E-state index contributed by atoms with van der Waals surface area (Å²) in [6.07, 6.45) is 4.05. The van der Waals surface area contributed by atoms with Crippen LogP contribution in [0.25, 0.3) is 11.5 Å². The Labute approximate surface area is 165 Å². The van der Waals surface area contributed by atoms with E-state index in [0.29, 0.717) is 24.7 Å². The summed E-state index contributed by atoms with van der Waals surface area (Å²) in [6, 6.07) is 6.17. The molecule has 2 aromatic heterocycles. The Morgan fingerprint density at radius 1 is 1.21 bits per heavy atom. The summed E-state index contributed by atoms with van der Waals surface area (Å²) < 4.78 is 17.5. The number of fused-ring (bicyclic) bond motifs is 1. The quantitative estimate of drug-likeness (QED) is 0.675. The van der Waals surface area contributed by atoms with Crippen molar-refractivity contribution in [1.29, 1.82) is 0 Å². The predicted molar refractivity (Wildman–Crippen MR) is 100 cm³/mol. The second kappa shape index (κ2) is 6.41. The van der Waals surface area contributed by atoms with Gasteiger partial charge < -0.3 is 9.47 Å². The molecular formula is C19H18ClFN6O. The van der Waals surface area contributed by atoms with Gasteiger partial charge in [-0.1, -0.05) is 11.6 Å². The third-order valence-corrected chi connectivity index (χ3v) is 5.69. The Bertz CT molecular complexity index is 1070. The molecule has 1 fully saturated rings. The largest absolute Gasteiger partial charge is 0.327 e. The van der Waals surface area contributed by atoms with E-state index in [1.807, 2.05) is 17.7 Å². The topological polar surface area (TPSA) is 68.8 Å². The molecule has 28 heavy (non-hydrogen) atoms. The van der Waals surface area contributed by atoms with Crippen molar-refractivity contribution in [3.8, 4) is 11.5 Å². The molecule has 1 amide bonds. The van der Waals surface area contributed by atoms with Crippen molar-refractivity contribution < 1.29 is 9.18 Å². The van der Waals surface area contributed by atoms with Crippen LogP contribution in [0.5, 0.6) is 0 Å². The third kappa shape index (κ3) is 2.71. The zero-order chi connectivity index (χ0) is 19.4. The number of hydrogen-bond donors (Lipinski definition) is 0. The van der Waals surface area contributed by atoms with Gasteiger partial charge in [-0.15, -0.1) is 10.2 Å². The monoisotopic (exact) mass is 400 g/mol. The molecule has 1 atom stereocenters. The van der Waals surface area contributed by atoms with Crippen LogP contribution in [-0.4, -0.2) is 41.9 Å². The van der Waals surface area contributed by atoms with E-state index in [2.05, 4.69) is 19.9 Å². The summed E-state index contributed by atoms with van der Waals surface area (Å²) in [5.41, 5.74) is 1.32. The molecule has 1 aliphatic heterocycles. The standard InChI is InChI=1S/C19H18ClFN6O/c1-11-17-23-24-18(16-6-7-22-27(16)13-3-4-13)26(17)9-8-25(11)19(28)12-2-5-15(21)14(20)10-12/h2,5-7,10-11,13H,3-4,8-9H2,1H3/t11-/m1/s1. The van der Waals surface area contributed by atoms with Crippen molar-refractivity contribution >= 4 is 17.5 Å². The SMILES string of the molecule is C[C@@H]1c2nnc(-c3ccnn3C3CC3)n2CCN1C(=O)c1ccc(F)c(Cl)c1. The van der Waals surface area contributed by atoms with Crippen LogP contribution < -0.4 is 0 Å². The van der Waals surface area contributed by atoms with Gasteiger partial charge in [-0.2, -0.15) is 5.10 Å². The van der Waals surface area contributed by atoms with E-state index in [1.165, 1.54) is 18.2 Å². The van der Waals surface area contributed by atoms with Crippen molar-refractivity contribution in [1.82, 2.24) is 29.4 Å². The smallest absolute Gasteiger partial charge is 0.254 e. The molecule has 0 saturated heterocycles. The molecule has 3 heterocycles. The van der Waals surface area contributed by atoms with Gasteiger partial charge in [0, 0.05) is 24.8 Å². The van der Waals surface area contributed by atoms with Crippen LogP contribution in [0.3, 0.4) is 0 Å². The number of amides is 1. The normalized spacial score (nSPS) is 19.0. The summed E-state index contributed by atoms with van der Waals surface area (Å²) in [4.78, 5) is 14.7. The maximum atomic E-state index is 13.4. The summed E-state index contributed by atoms with van der Waals surface area (Å²) in [5, 5.41) is 13.1. The average Bonchev–Trinajstić information content (AvgIpc) is 3.25. The number of hydrogen-bond acceptors (Lipinski definition) is 4. The Balaban J connectivity index is 1.45. The maximum absolute atomic E-state index is 13.4. The first-order valence-corrected chi connectivity index (χ1v) is 9.65. The molecule has 0 N–H and O–H groups in total. The van der Waals surface area contributed by atoms with Gasteiger partial charge in [0.15, 0.2) is 11.6 Å². The number of benzene rings is 1. The highest BCUT2D eigenvalue weighted by Gasteiger charge is 2.34. The summed E-state index contributed by atoms with van der Waals surface area (Å²) in [6.45, 7) is 3.01. The van der Waals surface area contributed by atoms with Gasteiger partial charge in [0.05, 0.1) is 17.1 Å². The fourth-order valence-corrected chi connectivity index (χ4v) is 3.93.